The molecule has 0 aromatic heterocycles. The molecule has 0 spiro atoms. The number of nitrogens with two attached hydrogens (primary N) is 1. The second kappa shape index (κ2) is 9.57. The fourth-order valence-corrected chi connectivity index (χ4v) is 2.49. The summed E-state index contributed by atoms with van der Waals surface area (Å²) in [5.41, 5.74) is 7.35. The zero-order valence-electron chi connectivity index (χ0n) is 14.8. The molecule has 0 saturated carbocycles. The number of hydrogen-bond donors (Lipinski definition) is 2. The van der Waals surface area contributed by atoms with E-state index >= 15 is 0 Å². The number of para-hydroxylation sites is 2. The van der Waals surface area contributed by atoms with Crippen molar-refractivity contribution in [2.24, 2.45) is 5.73 Å². The molecular formula is C20H26N2O3. The molecule has 2 rings (SSSR count). The van der Waals surface area contributed by atoms with Gasteiger partial charge < -0.3 is 20.5 Å². The maximum absolute atomic E-state index is 10.8. The van der Waals surface area contributed by atoms with Gasteiger partial charge in [-0.25, -0.2) is 0 Å². The number of benzene rings is 2. The molecule has 3 N–H and O–H groups in total. The average Bonchev–Trinajstić information content (AvgIpc) is 2.61. The summed E-state index contributed by atoms with van der Waals surface area (Å²) < 4.78 is 10.8. The van der Waals surface area contributed by atoms with Gasteiger partial charge >= 0.3 is 0 Å². The summed E-state index contributed by atoms with van der Waals surface area (Å²) in [5.74, 6) is 1.25. The average molecular weight is 342 g/mol. The van der Waals surface area contributed by atoms with Crippen molar-refractivity contribution >= 4 is 11.6 Å². The zero-order chi connectivity index (χ0) is 18.1. The number of aryl methyl sites for hydroxylation is 1. The van der Waals surface area contributed by atoms with Crippen LogP contribution in [0.25, 0.3) is 0 Å². The van der Waals surface area contributed by atoms with Crippen molar-refractivity contribution in [2.45, 2.75) is 32.2 Å². The van der Waals surface area contributed by atoms with E-state index in [1.165, 1.54) is 5.56 Å². The molecule has 134 valence electrons. The second-order valence-electron chi connectivity index (χ2n) is 5.99. The highest BCUT2D eigenvalue weighted by Crippen LogP contribution is 2.25. The second-order valence-corrected chi connectivity index (χ2v) is 5.99. The van der Waals surface area contributed by atoms with E-state index in [1.807, 2.05) is 36.4 Å². The molecule has 0 bridgehead atoms. The van der Waals surface area contributed by atoms with Crippen LogP contribution in [0.1, 0.15) is 25.3 Å². The van der Waals surface area contributed by atoms with Crippen LogP contribution in [-0.2, 0) is 11.2 Å². The largest absolute Gasteiger partial charge is 0.497 e. The van der Waals surface area contributed by atoms with E-state index < -0.39 is 0 Å². The van der Waals surface area contributed by atoms with Crippen LogP contribution in [-0.4, -0.2) is 25.7 Å². The van der Waals surface area contributed by atoms with E-state index in [4.69, 9.17) is 15.2 Å². The quantitative estimate of drug-likeness (QED) is 0.694. The fraction of sp³-hybridized carbons (Fsp3) is 0.350. The fourth-order valence-electron chi connectivity index (χ4n) is 2.49. The maximum atomic E-state index is 10.8. The number of methoxy groups -OCH3 is 1. The number of rotatable bonds is 10. The van der Waals surface area contributed by atoms with Gasteiger partial charge in [0.1, 0.15) is 11.5 Å². The number of ether oxygens (including phenoxy) is 2. The lowest BCUT2D eigenvalue weighted by Crippen LogP contribution is -2.18. The van der Waals surface area contributed by atoms with Crippen molar-refractivity contribution in [1.29, 1.82) is 0 Å². The summed E-state index contributed by atoms with van der Waals surface area (Å²) in [6.45, 7) is 2.43. The van der Waals surface area contributed by atoms with Gasteiger partial charge in [0.2, 0.25) is 5.91 Å². The lowest BCUT2D eigenvalue weighted by atomic mass is 10.1. The number of nitrogens with one attached hydrogen (secondary N) is 1. The predicted molar refractivity (Wildman–Crippen MR) is 100 cm³/mol. The molecule has 0 aliphatic carbocycles. The van der Waals surface area contributed by atoms with E-state index in [2.05, 4.69) is 24.4 Å². The first-order chi connectivity index (χ1) is 12.1. The van der Waals surface area contributed by atoms with Gasteiger partial charge in [0, 0.05) is 6.04 Å². The summed E-state index contributed by atoms with van der Waals surface area (Å²) in [4.78, 5) is 10.8. The molecule has 0 heterocycles. The van der Waals surface area contributed by atoms with Gasteiger partial charge in [-0.15, -0.1) is 0 Å². The van der Waals surface area contributed by atoms with Gasteiger partial charge in [0.15, 0.2) is 0 Å². The van der Waals surface area contributed by atoms with Gasteiger partial charge in [0.05, 0.1) is 25.8 Å². The summed E-state index contributed by atoms with van der Waals surface area (Å²) in [6.07, 6.45) is 2.17. The molecule has 0 radical (unpaired) electrons. The van der Waals surface area contributed by atoms with Gasteiger partial charge in [-0.1, -0.05) is 24.3 Å². The molecule has 1 atom stereocenters. The number of anilines is 1. The number of carbonyl (C=O) groups is 1. The normalized spacial score (nSPS) is 11.6. The lowest BCUT2D eigenvalue weighted by molar-refractivity contribution is -0.118. The lowest BCUT2D eigenvalue weighted by Gasteiger charge is -2.18. The van der Waals surface area contributed by atoms with E-state index in [9.17, 15) is 4.79 Å². The molecule has 5 heteroatoms. The van der Waals surface area contributed by atoms with Crippen LogP contribution in [0.2, 0.25) is 0 Å². The molecule has 25 heavy (non-hydrogen) atoms. The Balaban J connectivity index is 1.86. The van der Waals surface area contributed by atoms with Crippen LogP contribution in [0.3, 0.4) is 0 Å². The first-order valence-corrected chi connectivity index (χ1v) is 8.48. The number of hydrogen-bond acceptors (Lipinski definition) is 4. The first kappa shape index (κ1) is 18.6. The Hall–Kier alpha value is -2.69. The molecule has 0 aliphatic heterocycles. The van der Waals surface area contributed by atoms with E-state index in [1.54, 1.807) is 7.11 Å². The minimum Gasteiger partial charge on any atom is -0.497 e. The smallest absolute Gasteiger partial charge is 0.220 e. The molecule has 0 fully saturated rings. The highest BCUT2D eigenvalue weighted by molar-refractivity contribution is 5.73. The van der Waals surface area contributed by atoms with E-state index in [0.717, 1.165) is 30.0 Å². The number of amides is 1. The molecule has 1 amide bonds. The van der Waals surface area contributed by atoms with Crippen LogP contribution in [0.4, 0.5) is 5.69 Å². The molecule has 2 aromatic rings. The van der Waals surface area contributed by atoms with Crippen LogP contribution in [0.15, 0.2) is 48.5 Å². The van der Waals surface area contributed by atoms with Crippen molar-refractivity contribution in [3.05, 3.63) is 54.1 Å². The van der Waals surface area contributed by atoms with Gasteiger partial charge in [-0.05, 0) is 49.6 Å². The van der Waals surface area contributed by atoms with Crippen LogP contribution >= 0.6 is 0 Å². The van der Waals surface area contributed by atoms with Crippen molar-refractivity contribution in [3.63, 3.8) is 0 Å². The maximum Gasteiger partial charge on any atom is 0.220 e. The third-order valence-electron chi connectivity index (χ3n) is 3.92. The SMILES string of the molecule is COc1ccc(CCC(C)Nc2ccccc2OCCC(N)=O)cc1. The Morgan fingerprint density at radius 1 is 1.16 bits per heavy atom. The number of carbonyl (C=O) groups excluding carboxylic acids is 1. The Kier molecular flexibility index (Phi) is 7.14. The predicted octanol–water partition coefficient (Wildman–Crippen LogP) is 3.38. The zero-order valence-corrected chi connectivity index (χ0v) is 14.8. The van der Waals surface area contributed by atoms with Gasteiger partial charge in [0.25, 0.3) is 0 Å². The van der Waals surface area contributed by atoms with Crippen LogP contribution in [0.5, 0.6) is 11.5 Å². The van der Waals surface area contributed by atoms with Crippen molar-refractivity contribution in [3.8, 4) is 11.5 Å². The summed E-state index contributed by atoms with van der Waals surface area (Å²) in [7, 11) is 1.67. The van der Waals surface area contributed by atoms with Crippen molar-refractivity contribution in [2.75, 3.05) is 19.0 Å². The molecule has 2 aromatic carbocycles. The van der Waals surface area contributed by atoms with Gasteiger partial charge in [-0.3, -0.25) is 4.79 Å². The van der Waals surface area contributed by atoms with Gasteiger partial charge in [-0.2, -0.15) is 0 Å². The monoisotopic (exact) mass is 342 g/mol. The Morgan fingerprint density at radius 3 is 2.56 bits per heavy atom. The van der Waals surface area contributed by atoms with E-state index in [0.29, 0.717) is 0 Å². The minimum atomic E-state index is -0.363. The topological polar surface area (TPSA) is 73.6 Å². The summed E-state index contributed by atoms with van der Waals surface area (Å²) >= 11 is 0. The Labute approximate surface area is 149 Å². The minimum absolute atomic E-state index is 0.210. The Bertz CT molecular complexity index is 671. The third-order valence-corrected chi connectivity index (χ3v) is 3.92. The molecule has 0 saturated heterocycles. The summed E-state index contributed by atoms with van der Waals surface area (Å²) in [5, 5.41) is 3.48. The highest BCUT2D eigenvalue weighted by Gasteiger charge is 2.08. The van der Waals surface area contributed by atoms with Crippen LogP contribution < -0.4 is 20.5 Å². The van der Waals surface area contributed by atoms with Crippen molar-refractivity contribution < 1.29 is 14.3 Å². The first-order valence-electron chi connectivity index (χ1n) is 8.48. The summed E-state index contributed by atoms with van der Waals surface area (Å²) in [6, 6.07) is 16.2. The number of primary amides is 1. The van der Waals surface area contributed by atoms with Crippen molar-refractivity contribution in [1.82, 2.24) is 0 Å². The standard InChI is InChI=1S/C20H26N2O3/c1-15(7-8-16-9-11-17(24-2)12-10-16)22-18-5-3-4-6-19(18)25-14-13-20(21)23/h3-6,9-12,15,22H,7-8,13-14H2,1-2H3,(H2,21,23). The third kappa shape index (κ3) is 6.37. The van der Waals surface area contributed by atoms with E-state index in [-0.39, 0.29) is 25.0 Å². The molecule has 0 aliphatic rings. The molecule has 5 nitrogen and oxygen atoms in total. The highest BCUT2D eigenvalue weighted by atomic mass is 16.5. The molecule has 1 unspecified atom stereocenters. The molecular weight excluding hydrogens is 316 g/mol. The van der Waals surface area contributed by atoms with Crippen LogP contribution in [0, 0.1) is 0 Å². The Morgan fingerprint density at radius 2 is 1.88 bits per heavy atom.